The third-order valence-corrected chi connectivity index (χ3v) is 3.52. The number of carbonyl (C=O) groups excluding carboxylic acids is 1. The summed E-state index contributed by atoms with van der Waals surface area (Å²) in [6.07, 6.45) is 2.12. The summed E-state index contributed by atoms with van der Waals surface area (Å²) < 4.78 is 5.11. The van der Waals surface area contributed by atoms with Crippen molar-refractivity contribution in [3.63, 3.8) is 0 Å². The van der Waals surface area contributed by atoms with Gasteiger partial charge in [-0.2, -0.15) is 11.8 Å². The molecule has 1 amide bonds. The van der Waals surface area contributed by atoms with Gasteiger partial charge in [-0.15, -0.1) is 0 Å². The summed E-state index contributed by atoms with van der Waals surface area (Å²) in [6.45, 7) is 6.38. The minimum absolute atomic E-state index is 0.407. The number of hydrazine groups is 1. The van der Waals surface area contributed by atoms with E-state index in [1.807, 2.05) is 32.5 Å². The molecule has 1 aliphatic heterocycles. The molecule has 94 valence electrons. The predicted molar refractivity (Wildman–Crippen MR) is 67.4 cm³/mol. The topological polar surface area (TPSA) is 50.4 Å². The number of ether oxygens (including phenoxy) is 1. The summed E-state index contributed by atoms with van der Waals surface area (Å²) in [5.74, 6) is 3.12. The van der Waals surface area contributed by atoms with Gasteiger partial charge in [0.05, 0.1) is 0 Å². The van der Waals surface area contributed by atoms with E-state index in [-0.39, 0.29) is 0 Å². The highest BCUT2D eigenvalue weighted by atomic mass is 32.2. The zero-order chi connectivity index (χ0) is 12.0. The average Bonchev–Trinajstić information content (AvgIpc) is 2.16. The standard InChI is InChI=1S/C11H22N2O2S/c1-11(2,3)15-10(14)13-12-7-9-5-4-6-16-8-9/h9,12H,4-8H2,1-3H3,(H,13,14). The molecule has 5 heteroatoms. The van der Waals surface area contributed by atoms with Crippen LogP contribution >= 0.6 is 11.8 Å². The van der Waals surface area contributed by atoms with Gasteiger partial charge in [-0.25, -0.2) is 10.2 Å². The van der Waals surface area contributed by atoms with Crippen LogP contribution in [0.3, 0.4) is 0 Å². The summed E-state index contributed by atoms with van der Waals surface area (Å²) in [6, 6.07) is 0. The maximum Gasteiger partial charge on any atom is 0.422 e. The lowest BCUT2D eigenvalue weighted by molar-refractivity contribution is 0.0495. The van der Waals surface area contributed by atoms with E-state index in [0.29, 0.717) is 5.92 Å². The molecule has 1 fully saturated rings. The molecule has 0 aromatic rings. The molecule has 0 saturated carbocycles. The maximum absolute atomic E-state index is 11.3. The van der Waals surface area contributed by atoms with Gasteiger partial charge in [0.15, 0.2) is 0 Å². The Morgan fingerprint density at radius 3 is 2.81 bits per heavy atom. The third kappa shape index (κ3) is 6.23. The molecule has 0 radical (unpaired) electrons. The second kappa shape index (κ2) is 6.35. The van der Waals surface area contributed by atoms with E-state index < -0.39 is 11.7 Å². The van der Waals surface area contributed by atoms with Gasteiger partial charge in [0.25, 0.3) is 0 Å². The fourth-order valence-corrected chi connectivity index (χ4v) is 2.69. The van der Waals surface area contributed by atoms with Crippen LogP contribution in [-0.4, -0.2) is 29.7 Å². The van der Waals surface area contributed by atoms with Crippen molar-refractivity contribution in [2.24, 2.45) is 5.92 Å². The largest absolute Gasteiger partial charge is 0.443 e. The monoisotopic (exact) mass is 246 g/mol. The van der Waals surface area contributed by atoms with Crippen LogP contribution in [0.25, 0.3) is 0 Å². The van der Waals surface area contributed by atoms with Crippen molar-refractivity contribution in [1.29, 1.82) is 0 Å². The number of thioether (sulfide) groups is 1. The van der Waals surface area contributed by atoms with Crippen LogP contribution in [0.15, 0.2) is 0 Å². The number of hydrogen-bond donors (Lipinski definition) is 2. The van der Waals surface area contributed by atoms with Gasteiger partial charge >= 0.3 is 6.09 Å². The summed E-state index contributed by atoms with van der Waals surface area (Å²) in [7, 11) is 0. The van der Waals surface area contributed by atoms with Crippen molar-refractivity contribution >= 4 is 17.9 Å². The number of hydrogen-bond acceptors (Lipinski definition) is 4. The molecule has 1 atom stereocenters. The lowest BCUT2D eigenvalue weighted by Crippen LogP contribution is -2.43. The number of nitrogens with one attached hydrogen (secondary N) is 2. The van der Waals surface area contributed by atoms with Gasteiger partial charge in [0.2, 0.25) is 0 Å². The van der Waals surface area contributed by atoms with Crippen LogP contribution in [0.5, 0.6) is 0 Å². The molecule has 1 heterocycles. The predicted octanol–water partition coefficient (Wildman–Crippen LogP) is 2.16. The Balaban J connectivity index is 2.08. The lowest BCUT2D eigenvalue weighted by Gasteiger charge is -2.23. The molecule has 0 bridgehead atoms. The summed E-state index contributed by atoms with van der Waals surface area (Å²) in [4.78, 5) is 11.3. The zero-order valence-corrected chi connectivity index (χ0v) is 11.2. The molecule has 2 N–H and O–H groups in total. The molecule has 16 heavy (non-hydrogen) atoms. The van der Waals surface area contributed by atoms with E-state index in [9.17, 15) is 4.79 Å². The van der Waals surface area contributed by atoms with Gasteiger partial charge in [-0.05, 0) is 51.0 Å². The van der Waals surface area contributed by atoms with Crippen LogP contribution in [0.4, 0.5) is 4.79 Å². The molecule has 1 rings (SSSR count). The number of rotatable bonds is 3. The second-order valence-electron chi connectivity index (χ2n) is 5.09. The van der Waals surface area contributed by atoms with Gasteiger partial charge < -0.3 is 4.74 Å². The molecule has 4 nitrogen and oxygen atoms in total. The van der Waals surface area contributed by atoms with Crippen molar-refractivity contribution in [3.8, 4) is 0 Å². The Morgan fingerprint density at radius 2 is 2.25 bits per heavy atom. The summed E-state index contributed by atoms with van der Waals surface area (Å²) in [5, 5.41) is 0. The van der Waals surface area contributed by atoms with Crippen molar-refractivity contribution in [2.75, 3.05) is 18.1 Å². The first-order valence-electron chi connectivity index (χ1n) is 5.77. The van der Waals surface area contributed by atoms with Crippen LogP contribution < -0.4 is 10.9 Å². The molecular weight excluding hydrogens is 224 g/mol. The highest BCUT2D eigenvalue weighted by Crippen LogP contribution is 2.21. The minimum atomic E-state index is -0.438. The third-order valence-electron chi connectivity index (χ3n) is 2.23. The van der Waals surface area contributed by atoms with Gasteiger partial charge in [-0.3, -0.25) is 5.43 Å². The van der Waals surface area contributed by atoms with E-state index in [4.69, 9.17) is 4.74 Å². The van der Waals surface area contributed by atoms with Gasteiger partial charge in [0.1, 0.15) is 5.60 Å². The van der Waals surface area contributed by atoms with E-state index in [1.54, 1.807) is 0 Å². The second-order valence-corrected chi connectivity index (χ2v) is 6.24. The fraction of sp³-hybridized carbons (Fsp3) is 0.909. The Hall–Kier alpha value is -0.420. The average molecular weight is 246 g/mol. The Labute approximate surface area is 102 Å². The van der Waals surface area contributed by atoms with Crippen LogP contribution in [0.2, 0.25) is 0 Å². The normalized spacial score (nSPS) is 21.6. The molecule has 0 aliphatic carbocycles. The molecule has 1 saturated heterocycles. The van der Waals surface area contributed by atoms with Crippen LogP contribution in [0.1, 0.15) is 33.6 Å². The minimum Gasteiger partial charge on any atom is -0.443 e. The molecule has 1 aliphatic rings. The number of amides is 1. The molecule has 0 aromatic carbocycles. The Morgan fingerprint density at radius 1 is 1.50 bits per heavy atom. The number of carbonyl (C=O) groups is 1. The highest BCUT2D eigenvalue weighted by molar-refractivity contribution is 7.99. The molecule has 0 spiro atoms. The fourth-order valence-electron chi connectivity index (χ4n) is 1.54. The summed E-state index contributed by atoms with van der Waals surface area (Å²) in [5.41, 5.74) is 5.07. The quantitative estimate of drug-likeness (QED) is 0.749. The zero-order valence-electron chi connectivity index (χ0n) is 10.3. The Kier molecular flexibility index (Phi) is 5.41. The van der Waals surface area contributed by atoms with Crippen molar-refractivity contribution < 1.29 is 9.53 Å². The molecule has 0 aromatic heterocycles. The van der Waals surface area contributed by atoms with Crippen molar-refractivity contribution in [3.05, 3.63) is 0 Å². The van der Waals surface area contributed by atoms with Crippen molar-refractivity contribution in [2.45, 2.75) is 39.2 Å². The van der Waals surface area contributed by atoms with Crippen LogP contribution in [-0.2, 0) is 4.74 Å². The van der Waals surface area contributed by atoms with Gasteiger partial charge in [-0.1, -0.05) is 0 Å². The first kappa shape index (κ1) is 13.6. The first-order chi connectivity index (χ1) is 7.47. The maximum atomic E-state index is 11.3. The Bertz CT molecular complexity index is 223. The van der Waals surface area contributed by atoms with E-state index >= 15 is 0 Å². The van der Waals surface area contributed by atoms with Crippen molar-refractivity contribution in [1.82, 2.24) is 10.9 Å². The van der Waals surface area contributed by atoms with E-state index in [1.165, 1.54) is 24.3 Å². The lowest BCUT2D eigenvalue weighted by atomic mass is 10.1. The SMILES string of the molecule is CC(C)(C)OC(=O)NNCC1CCCSC1. The van der Waals surface area contributed by atoms with Gasteiger partial charge in [0, 0.05) is 6.54 Å². The van der Waals surface area contributed by atoms with E-state index in [0.717, 1.165) is 6.54 Å². The highest BCUT2D eigenvalue weighted by Gasteiger charge is 2.17. The molecular formula is C11H22N2O2S. The smallest absolute Gasteiger partial charge is 0.422 e. The van der Waals surface area contributed by atoms with E-state index in [2.05, 4.69) is 10.9 Å². The first-order valence-corrected chi connectivity index (χ1v) is 6.92. The summed E-state index contributed by atoms with van der Waals surface area (Å²) >= 11 is 1.99. The molecule has 1 unspecified atom stereocenters. The van der Waals surface area contributed by atoms with Crippen LogP contribution in [0, 0.1) is 5.92 Å².